The molecule has 3 N–H and O–H groups in total. The Balaban J connectivity index is 2.16. The number of phenols is 1. The highest BCUT2D eigenvalue weighted by Gasteiger charge is 2.46. The normalized spacial score (nSPS) is 26.1. The SMILES string of the molecule is NCC1CCc2cccc(O)c2C12CCCC2. The summed E-state index contributed by atoms with van der Waals surface area (Å²) < 4.78 is 0. The van der Waals surface area contributed by atoms with Gasteiger partial charge in [-0.05, 0) is 49.8 Å². The number of benzene rings is 1. The second-order valence-corrected chi connectivity index (χ2v) is 5.65. The lowest BCUT2D eigenvalue weighted by Crippen LogP contribution is -2.41. The molecule has 2 aliphatic rings. The lowest BCUT2D eigenvalue weighted by Gasteiger charge is -2.43. The molecule has 1 atom stereocenters. The molecule has 2 nitrogen and oxygen atoms in total. The van der Waals surface area contributed by atoms with Gasteiger partial charge in [0.15, 0.2) is 0 Å². The lowest BCUT2D eigenvalue weighted by molar-refractivity contribution is 0.236. The van der Waals surface area contributed by atoms with Gasteiger partial charge in [0.05, 0.1) is 0 Å². The van der Waals surface area contributed by atoms with E-state index in [0.29, 0.717) is 11.7 Å². The van der Waals surface area contributed by atoms with Crippen LogP contribution in [0.5, 0.6) is 5.75 Å². The van der Waals surface area contributed by atoms with Gasteiger partial charge >= 0.3 is 0 Å². The first-order valence-electron chi connectivity index (χ1n) is 6.79. The molecule has 2 aliphatic carbocycles. The van der Waals surface area contributed by atoms with Gasteiger partial charge in [0.25, 0.3) is 0 Å². The molecule has 1 saturated carbocycles. The van der Waals surface area contributed by atoms with Gasteiger partial charge in [-0.25, -0.2) is 0 Å². The molecule has 92 valence electrons. The van der Waals surface area contributed by atoms with Crippen LogP contribution >= 0.6 is 0 Å². The van der Waals surface area contributed by atoms with Crippen LogP contribution in [0.15, 0.2) is 18.2 Å². The maximum Gasteiger partial charge on any atom is 0.119 e. The van der Waals surface area contributed by atoms with Gasteiger partial charge in [-0.15, -0.1) is 0 Å². The Hall–Kier alpha value is -1.02. The van der Waals surface area contributed by atoms with Gasteiger partial charge in [0.2, 0.25) is 0 Å². The predicted molar refractivity (Wildman–Crippen MR) is 69.1 cm³/mol. The van der Waals surface area contributed by atoms with Crippen LogP contribution in [0.25, 0.3) is 0 Å². The first-order chi connectivity index (χ1) is 8.28. The molecular weight excluding hydrogens is 210 g/mol. The highest BCUT2D eigenvalue weighted by molar-refractivity contribution is 5.48. The van der Waals surface area contributed by atoms with E-state index in [0.717, 1.165) is 13.0 Å². The molecule has 0 heterocycles. The molecule has 0 saturated heterocycles. The predicted octanol–water partition coefficient (Wildman–Crippen LogP) is 2.73. The number of aryl methyl sites for hydroxylation is 1. The molecule has 1 fully saturated rings. The van der Waals surface area contributed by atoms with Crippen molar-refractivity contribution in [1.29, 1.82) is 0 Å². The monoisotopic (exact) mass is 231 g/mol. The second kappa shape index (κ2) is 4.02. The van der Waals surface area contributed by atoms with Crippen molar-refractivity contribution in [1.82, 2.24) is 0 Å². The van der Waals surface area contributed by atoms with Crippen molar-refractivity contribution in [3.05, 3.63) is 29.3 Å². The van der Waals surface area contributed by atoms with Gasteiger partial charge < -0.3 is 10.8 Å². The minimum Gasteiger partial charge on any atom is -0.508 e. The molecule has 3 rings (SSSR count). The average Bonchev–Trinajstić information content (AvgIpc) is 2.79. The van der Waals surface area contributed by atoms with Crippen molar-refractivity contribution >= 4 is 0 Å². The highest BCUT2D eigenvalue weighted by Crippen LogP contribution is 2.54. The van der Waals surface area contributed by atoms with Crippen LogP contribution in [-0.4, -0.2) is 11.7 Å². The van der Waals surface area contributed by atoms with Crippen LogP contribution in [0.4, 0.5) is 0 Å². The van der Waals surface area contributed by atoms with Crippen molar-refractivity contribution in [2.75, 3.05) is 6.54 Å². The Bertz CT molecular complexity index is 421. The zero-order valence-corrected chi connectivity index (χ0v) is 10.3. The smallest absolute Gasteiger partial charge is 0.119 e. The first-order valence-corrected chi connectivity index (χ1v) is 6.79. The summed E-state index contributed by atoms with van der Waals surface area (Å²) in [6.45, 7) is 0.758. The molecule has 0 aliphatic heterocycles. The van der Waals surface area contributed by atoms with E-state index in [2.05, 4.69) is 6.07 Å². The van der Waals surface area contributed by atoms with Crippen molar-refractivity contribution < 1.29 is 5.11 Å². The fraction of sp³-hybridized carbons (Fsp3) is 0.600. The Morgan fingerprint density at radius 2 is 2.06 bits per heavy atom. The fourth-order valence-corrected chi connectivity index (χ4v) is 4.19. The summed E-state index contributed by atoms with van der Waals surface area (Å²) in [5.41, 5.74) is 8.76. The third kappa shape index (κ3) is 1.50. The molecular formula is C15H21NO. The summed E-state index contributed by atoms with van der Waals surface area (Å²) in [6.07, 6.45) is 7.24. The van der Waals surface area contributed by atoms with Gasteiger partial charge in [0.1, 0.15) is 5.75 Å². The van der Waals surface area contributed by atoms with E-state index in [-0.39, 0.29) is 5.41 Å². The zero-order chi connectivity index (χ0) is 11.9. The number of nitrogens with two attached hydrogens (primary N) is 1. The third-order valence-electron chi connectivity index (χ3n) is 4.95. The Kier molecular flexibility index (Phi) is 2.62. The summed E-state index contributed by atoms with van der Waals surface area (Å²) in [5.74, 6) is 1.06. The number of hydrogen-bond acceptors (Lipinski definition) is 2. The number of fused-ring (bicyclic) bond motifs is 2. The molecule has 1 aromatic carbocycles. The van der Waals surface area contributed by atoms with Gasteiger partial charge in [0, 0.05) is 11.0 Å². The van der Waals surface area contributed by atoms with Crippen LogP contribution in [0.3, 0.4) is 0 Å². The Labute approximate surface area is 103 Å². The third-order valence-corrected chi connectivity index (χ3v) is 4.95. The van der Waals surface area contributed by atoms with E-state index in [1.807, 2.05) is 12.1 Å². The molecule has 1 unspecified atom stereocenters. The number of hydrogen-bond donors (Lipinski definition) is 2. The molecule has 0 bridgehead atoms. The van der Waals surface area contributed by atoms with E-state index in [9.17, 15) is 5.11 Å². The minimum absolute atomic E-state index is 0.188. The lowest BCUT2D eigenvalue weighted by atomic mass is 9.62. The number of aromatic hydroxyl groups is 1. The standard InChI is InChI=1S/C15H21NO/c16-10-12-7-6-11-4-3-5-13(17)14(11)15(12)8-1-2-9-15/h3-5,12,17H,1-2,6-10,16H2. The molecule has 1 aromatic rings. The van der Waals surface area contributed by atoms with E-state index in [1.165, 1.54) is 43.2 Å². The van der Waals surface area contributed by atoms with Crippen molar-refractivity contribution in [3.63, 3.8) is 0 Å². The molecule has 0 amide bonds. The summed E-state index contributed by atoms with van der Waals surface area (Å²) in [5, 5.41) is 10.3. The van der Waals surface area contributed by atoms with Gasteiger partial charge in [-0.1, -0.05) is 25.0 Å². The first kappa shape index (κ1) is 11.1. The van der Waals surface area contributed by atoms with E-state index >= 15 is 0 Å². The van der Waals surface area contributed by atoms with Crippen LogP contribution in [0.2, 0.25) is 0 Å². The Morgan fingerprint density at radius 1 is 1.29 bits per heavy atom. The van der Waals surface area contributed by atoms with Crippen molar-refractivity contribution in [2.45, 2.75) is 43.9 Å². The molecule has 2 heteroatoms. The average molecular weight is 231 g/mol. The summed E-state index contributed by atoms with van der Waals surface area (Å²) in [6, 6.07) is 6.00. The van der Waals surface area contributed by atoms with E-state index < -0.39 is 0 Å². The summed E-state index contributed by atoms with van der Waals surface area (Å²) in [4.78, 5) is 0. The maximum atomic E-state index is 10.3. The number of phenolic OH excluding ortho intramolecular Hbond substituents is 1. The summed E-state index contributed by atoms with van der Waals surface area (Å²) >= 11 is 0. The Morgan fingerprint density at radius 3 is 2.76 bits per heavy atom. The molecule has 1 spiro atoms. The fourth-order valence-electron chi connectivity index (χ4n) is 4.19. The van der Waals surface area contributed by atoms with Crippen LogP contribution < -0.4 is 5.73 Å². The number of rotatable bonds is 1. The topological polar surface area (TPSA) is 46.2 Å². The highest BCUT2D eigenvalue weighted by atomic mass is 16.3. The summed E-state index contributed by atoms with van der Waals surface area (Å²) in [7, 11) is 0. The quantitative estimate of drug-likeness (QED) is 0.780. The zero-order valence-electron chi connectivity index (χ0n) is 10.3. The van der Waals surface area contributed by atoms with Crippen molar-refractivity contribution in [2.24, 2.45) is 11.7 Å². The van der Waals surface area contributed by atoms with Gasteiger partial charge in [-0.2, -0.15) is 0 Å². The van der Waals surface area contributed by atoms with E-state index in [4.69, 9.17) is 5.73 Å². The van der Waals surface area contributed by atoms with Crippen LogP contribution in [0, 0.1) is 5.92 Å². The largest absolute Gasteiger partial charge is 0.508 e. The van der Waals surface area contributed by atoms with Gasteiger partial charge in [-0.3, -0.25) is 0 Å². The van der Waals surface area contributed by atoms with Crippen molar-refractivity contribution in [3.8, 4) is 5.75 Å². The van der Waals surface area contributed by atoms with Crippen LogP contribution in [0.1, 0.15) is 43.2 Å². The molecule has 17 heavy (non-hydrogen) atoms. The second-order valence-electron chi connectivity index (χ2n) is 5.65. The maximum absolute atomic E-state index is 10.3. The minimum atomic E-state index is 0.188. The molecule has 0 radical (unpaired) electrons. The van der Waals surface area contributed by atoms with Crippen LogP contribution in [-0.2, 0) is 11.8 Å². The van der Waals surface area contributed by atoms with E-state index in [1.54, 1.807) is 0 Å². The molecule has 0 aromatic heterocycles.